The molecular formula is C21H23BrN2O3. The van der Waals surface area contributed by atoms with Crippen molar-refractivity contribution in [3.63, 3.8) is 0 Å². The van der Waals surface area contributed by atoms with Crippen molar-refractivity contribution in [2.45, 2.75) is 31.2 Å². The molecule has 1 unspecified atom stereocenters. The molecule has 0 spiro atoms. The summed E-state index contributed by atoms with van der Waals surface area (Å²) in [5.41, 5.74) is 2.20. The Bertz CT molecular complexity index is 877. The Morgan fingerprint density at radius 2 is 1.93 bits per heavy atom. The first kappa shape index (κ1) is 19.4. The maximum absolute atomic E-state index is 13.1. The van der Waals surface area contributed by atoms with Gasteiger partial charge in [0.25, 0.3) is 0 Å². The van der Waals surface area contributed by atoms with Crippen molar-refractivity contribution in [3.05, 3.63) is 63.6 Å². The maximum atomic E-state index is 13.1. The maximum Gasteiger partial charge on any atom is 0.246 e. The Balaban J connectivity index is 1.88. The lowest BCUT2D eigenvalue weighted by Gasteiger charge is -2.23. The summed E-state index contributed by atoms with van der Waals surface area (Å²) >= 11 is 3.50. The van der Waals surface area contributed by atoms with Crippen LogP contribution in [0.25, 0.3) is 0 Å². The molecule has 1 saturated carbocycles. The molecule has 0 aromatic heterocycles. The number of methoxy groups -OCH3 is 1. The lowest BCUT2D eigenvalue weighted by atomic mass is 9.92. The first-order valence-corrected chi connectivity index (χ1v) is 9.64. The molecule has 2 aromatic rings. The smallest absolute Gasteiger partial charge is 0.246 e. The molecular weight excluding hydrogens is 408 g/mol. The van der Waals surface area contributed by atoms with Gasteiger partial charge in [0, 0.05) is 11.5 Å². The number of likely N-dealkylation sites (N-methyl/N-ethyl adjacent to an activating group) is 1. The highest BCUT2D eigenvalue weighted by atomic mass is 79.9. The Hall–Kier alpha value is -2.34. The second kappa shape index (κ2) is 7.72. The number of benzene rings is 2. The molecule has 2 amide bonds. The third kappa shape index (κ3) is 3.86. The number of hydrogen-bond donors (Lipinski definition) is 2. The van der Waals surface area contributed by atoms with Crippen LogP contribution in [0.2, 0.25) is 0 Å². The van der Waals surface area contributed by atoms with Gasteiger partial charge in [-0.1, -0.05) is 40.2 Å². The van der Waals surface area contributed by atoms with Crippen molar-refractivity contribution in [1.29, 1.82) is 0 Å². The number of amides is 2. The van der Waals surface area contributed by atoms with Crippen molar-refractivity contribution in [3.8, 4) is 5.75 Å². The Kier molecular flexibility index (Phi) is 5.56. The van der Waals surface area contributed by atoms with Crippen LogP contribution in [0.5, 0.6) is 5.75 Å². The molecule has 0 radical (unpaired) electrons. The van der Waals surface area contributed by atoms with E-state index in [1.54, 1.807) is 32.4 Å². The van der Waals surface area contributed by atoms with E-state index in [4.69, 9.17) is 4.74 Å². The quantitative estimate of drug-likeness (QED) is 0.737. The van der Waals surface area contributed by atoms with E-state index in [9.17, 15) is 9.59 Å². The number of carbonyl (C=O) groups is 2. The summed E-state index contributed by atoms with van der Waals surface area (Å²) in [6.45, 7) is 2.01. The summed E-state index contributed by atoms with van der Waals surface area (Å²) in [5.74, 6) is 0.250. The van der Waals surface area contributed by atoms with E-state index in [1.807, 2.05) is 31.2 Å². The molecule has 0 aliphatic heterocycles. The van der Waals surface area contributed by atoms with E-state index in [0.29, 0.717) is 11.3 Å². The zero-order valence-electron chi connectivity index (χ0n) is 15.6. The lowest BCUT2D eigenvalue weighted by Crippen LogP contribution is -2.43. The minimum Gasteiger partial charge on any atom is -0.497 e. The van der Waals surface area contributed by atoms with Gasteiger partial charge < -0.3 is 15.4 Å². The number of rotatable bonds is 6. The predicted octanol–water partition coefficient (Wildman–Crippen LogP) is 3.40. The van der Waals surface area contributed by atoms with Gasteiger partial charge in [0.05, 0.1) is 12.5 Å². The molecule has 142 valence electrons. The normalized spacial score (nSPS) is 15.6. The highest BCUT2D eigenvalue weighted by Gasteiger charge is 2.52. The van der Waals surface area contributed by atoms with E-state index in [-0.39, 0.29) is 11.8 Å². The molecule has 1 aliphatic rings. The minimum atomic E-state index is -0.772. The summed E-state index contributed by atoms with van der Waals surface area (Å²) < 4.78 is 6.26. The summed E-state index contributed by atoms with van der Waals surface area (Å²) in [7, 11) is 3.13. The fourth-order valence-corrected chi connectivity index (χ4v) is 3.50. The fraction of sp³-hybridized carbons (Fsp3) is 0.333. The topological polar surface area (TPSA) is 67.4 Å². The minimum absolute atomic E-state index is 0.124. The van der Waals surface area contributed by atoms with Gasteiger partial charge in [0.2, 0.25) is 11.8 Å². The van der Waals surface area contributed by atoms with Gasteiger partial charge in [0.1, 0.15) is 11.8 Å². The molecule has 5 nitrogen and oxygen atoms in total. The van der Waals surface area contributed by atoms with Crippen LogP contribution in [0, 0.1) is 6.92 Å². The van der Waals surface area contributed by atoms with Crippen LogP contribution >= 0.6 is 15.9 Å². The molecule has 1 aliphatic carbocycles. The highest BCUT2D eigenvalue weighted by molar-refractivity contribution is 9.10. The van der Waals surface area contributed by atoms with Crippen molar-refractivity contribution in [1.82, 2.24) is 10.6 Å². The molecule has 0 saturated heterocycles. The van der Waals surface area contributed by atoms with Crippen LogP contribution in [0.3, 0.4) is 0 Å². The monoisotopic (exact) mass is 430 g/mol. The number of carbonyl (C=O) groups excluding carboxylic acids is 2. The summed E-state index contributed by atoms with van der Waals surface area (Å²) in [6, 6.07) is 12.4. The number of hydrogen-bond acceptors (Lipinski definition) is 3. The number of aryl methyl sites for hydroxylation is 1. The number of ether oxygens (including phenoxy) is 1. The Morgan fingerprint density at radius 1 is 1.19 bits per heavy atom. The third-order valence-electron chi connectivity index (χ3n) is 5.11. The van der Waals surface area contributed by atoms with Crippen LogP contribution in [0.4, 0.5) is 0 Å². The first-order valence-electron chi connectivity index (χ1n) is 8.84. The van der Waals surface area contributed by atoms with E-state index >= 15 is 0 Å². The van der Waals surface area contributed by atoms with Gasteiger partial charge in [-0.15, -0.1) is 0 Å². The third-order valence-corrected chi connectivity index (χ3v) is 6.00. The first-order chi connectivity index (χ1) is 12.9. The van der Waals surface area contributed by atoms with E-state index < -0.39 is 11.5 Å². The molecule has 1 atom stereocenters. The molecule has 1 fully saturated rings. The average Bonchev–Trinajstić information content (AvgIpc) is 3.49. The van der Waals surface area contributed by atoms with Crippen molar-refractivity contribution < 1.29 is 14.3 Å². The van der Waals surface area contributed by atoms with Gasteiger partial charge in [-0.3, -0.25) is 9.59 Å². The van der Waals surface area contributed by atoms with Crippen LogP contribution in [0.15, 0.2) is 46.9 Å². The summed E-state index contributed by atoms with van der Waals surface area (Å²) in [4.78, 5) is 25.6. The standard InChI is InChI=1S/C21H23BrN2O3/c1-13-11-15(7-8-17(13)22)21(9-10-21)20(26)24-18(19(25)23-2)14-5-4-6-16(12-14)27-3/h4-8,11-12,18H,9-10H2,1-3H3,(H,23,25)(H,24,26). The summed E-state index contributed by atoms with van der Waals surface area (Å²) in [6.07, 6.45) is 1.55. The van der Waals surface area contributed by atoms with Gasteiger partial charge >= 0.3 is 0 Å². The second-order valence-corrected chi connectivity index (χ2v) is 7.70. The van der Waals surface area contributed by atoms with E-state index in [2.05, 4.69) is 26.6 Å². The van der Waals surface area contributed by atoms with Crippen molar-refractivity contribution >= 4 is 27.7 Å². The van der Waals surface area contributed by atoms with Crippen LogP contribution in [-0.2, 0) is 15.0 Å². The van der Waals surface area contributed by atoms with Crippen LogP contribution in [-0.4, -0.2) is 26.0 Å². The molecule has 2 aromatic carbocycles. The second-order valence-electron chi connectivity index (χ2n) is 6.84. The van der Waals surface area contributed by atoms with Gasteiger partial charge in [0.15, 0.2) is 0 Å². The summed E-state index contributed by atoms with van der Waals surface area (Å²) in [5, 5.41) is 5.59. The number of halogens is 1. The highest BCUT2D eigenvalue weighted by Crippen LogP contribution is 2.49. The molecule has 27 heavy (non-hydrogen) atoms. The van der Waals surface area contributed by atoms with E-state index in [1.165, 1.54) is 0 Å². The Labute approximate surface area is 167 Å². The van der Waals surface area contributed by atoms with Gasteiger partial charge in [-0.05, 0) is 54.7 Å². The van der Waals surface area contributed by atoms with Crippen LogP contribution < -0.4 is 15.4 Å². The van der Waals surface area contributed by atoms with Gasteiger partial charge in [-0.2, -0.15) is 0 Å². The van der Waals surface area contributed by atoms with Crippen LogP contribution in [0.1, 0.15) is 35.6 Å². The molecule has 6 heteroatoms. The van der Waals surface area contributed by atoms with E-state index in [0.717, 1.165) is 28.4 Å². The SMILES string of the molecule is CNC(=O)C(NC(=O)C1(c2ccc(Br)c(C)c2)CC1)c1cccc(OC)c1. The van der Waals surface area contributed by atoms with Crippen molar-refractivity contribution in [2.24, 2.45) is 0 Å². The molecule has 0 heterocycles. The zero-order valence-corrected chi connectivity index (χ0v) is 17.2. The largest absolute Gasteiger partial charge is 0.497 e. The average molecular weight is 431 g/mol. The predicted molar refractivity (Wildman–Crippen MR) is 108 cm³/mol. The molecule has 3 rings (SSSR count). The van der Waals surface area contributed by atoms with Gasteiger partial charge in [-0.25, -0.2) is 0 Å². The fourth-order valence-electron chi connectivity index (χ4n) is 3.25. The lowest BCUT2D eigenvalue weighted by molar-refractivity contribution is -0.130. The molecule has 0 bridgehead atoms. The van der Waals surface area contributed by atoms with Crippen molar-refractivity contribution in [2.75, 3.05) is 14.2 Å². The molecule has 2 N–H and O–H groups in total. The Morgan fingerprint density at radius 3 is 2.52 bits per heavy atom. The number of nitrogens with one attached hydrogen (secondary N) is 2. The zero-order chi connectivity index (χ0) is 19.6.